The number of halogens is 3. The number of alkyl halides is 3. The monoisotopic (exact) mass is 255 g/mol. The third kappa shape index (κ3) is 2.68. The van der Waals surface area contributed by atoms with Crippen molar-refractivity contribution in [3.63, 3.8) is 0 Å². The highest BCUT2D eigenvalue weighted by molar-refractivity contribution is 6.01. The van der Waals surface area contributed by atoms with Gasteiger partial charge < -0.3 is 10.3 Å². The van der Waals surface area contributed by atoms with E-state index in [0.29, 0.717) is 0 Å². The summed E-state index contributed by atoms with van der Waals surface area (Å²) >= 11 is 0. The maximum atomic E-state index is 12.4. The molecule has 2 N–H and O–H groups in total. The van der Waals surface area contributed by atoms with Gasteiger partial charge in [0.05, 0.1) is 5.56 Å². The molecule has 2 aromatic rings. The molecule has 0 aliphatic carbocycles. The quantitative estimate of drug-likeness (QED) is 0.866. The maximum Gasteiger partial charge on any atom is 0.416 e. The van der Waals surface area contributed by atoms with Gasteiger partial charge in [0.1, 0.15) is 0 Å². The van der Waals surface area contributed by atoms with Crippen molar-refractivity contribution < 1.29 is 18.0 Å². The van der Waals surface area contributed by atoms with Gasteiger partial charge in [0.25, 0.3) is 5.91 Å². The van der Waals surface area contributed by atoms with Crippen LogP contribution in [0.3, 0.4) is 0 Å². The maximum absolute atomic E-state index is 12.4. The molecule has 0 saturated heterocycles. The van der Waals surface area contributed by atoms with Crippen LogP contribution in [-0.2, 0) is 6.18 Å². The number of nitrogens with zero attached hydrogens (tertiary/aromatic N) is 1. The third-order valence-corrected chi connectivity index (χ3v) is 2.16. The summed E-state index contributed by atoms with van der Waals surface area (Å²) in [6.45, 7) is 0. The Morgan fingerprint density at radius 1 is 1.33 bits per heavy atom. The molecule has 0 atom stereocenters. The summed E-state index contributed by atoms with van der Waals surface area (Å²) in [4.78, 5) is 17.8. The van der Waals surface area contributed by atoms with E-state index in [-0.39, 0.29) is 11.5 Å². The predicted molar refractivity (Wildman–Crippen MR) is 58.0 cm³/mol. The highest BCUT2D eigenvalue weighted by Gasteiger charge is 2.30. The number of carbonyl (C=O) groups is 1. The standard InChI is InChI=1S/C11H8F3N3O/c12-11(13,14)7-2-1-3-8(6-7)17-10(18)9-15-4-5-16-9/h1-6H,(H,15,16)(H,17,18). The lowest BCUT2D eigenvalue weighted by molar-refractivity contribution is -0.137. The average Bonchev–Trinajstić information content (AvgIpc) is 2.81. The Morgan fingerprint density at radius 3 is 2.72 bits per heavy atom. The molecular formula is C11H8F3N3O. The topological polar surface area (TPSA) is 57.8 Å². The molecule has 0 spiro atoms. The first-order chi connectivity index (χ1) is 8.47. The molecule has 0 radical (unpaired) electrons. The smallest absolute Gasteiger partial charge is 0.341 e. The Hall–Kier alpha value is -2.31. The van der Waals surface area contributed by atoms with Crippen LogP contribution >= 0.6 is 0 Å². The van der Waals surface area contributed by atoms with Gasteiger partial charge >= 0.3 is 6.18 Å². The summed E-state index contributed by atoms with van der Waals surface area (Å²) in [5.41, 5.74) is -0.758. The summed E-state index contributed by atoms with van der Waals surface area (Å²) in [7, 11) is 0. The molecule has 1 heterocycles. The largest absolute Gasteiger partial charge is 0.416 e. The highest BCUT2D eigenvalue weighted by atomic mass is 19.4. The fourth-order valence-electron chi connectivity index (χ4n) is 1.35. The van der Waals surface area contributed by atoms with Gasteiger partial charge in [0.2, 0.25) is 0 Å². The Morgan fingerprint density at radius 2 is 2.11 bits per heavy atom. The fourth-order valence-corrected chi connectivity index (χ4v) is 1.35. The van der Waals surface area contributed by atoms with Crippen molar-refractivity contribution in [2.24, 2.45) is 0 Å². The normalized spacial score (nSPS) is 11.3. The number of amides is 1. The highest BCUT2D eigenvalue weighted by Crippen LogP contribution is 2.30. The first kappa shape index (κ1) is 12.2. The summed E-state index contributed by atoms with van der Waals surface area (Å²) in [5, 5.41) is 2.32. The number of hydrogen-bond donors (Lipinski definition) is 2. The summed E-state index contributed by atoms with van der Waals surface area (Å²) < 4.78 is 37.3. The van der Waals surface area contributed by atoms with Crippen LogP contribution in [-0.4, -0.2) is 15.9 Å². The van der Waals surface area contributed by atoms with Crippen LogP contribution in [0.15, 0.2) is 36.7 Å². The van der Waals surface area contributed by atoms with Gasteiger partial charge in [-0.1, -0.05) is 6.07 Å². The summed E-state index contributed by atoms with van der Waals surface area (Å²) in [6.07, 6.45) is -1.62. The van der Waals surface area contributed by atoms with E-state index in [2.05, 4.69) is 15.3 Å². The number of aromatic amines is 1. The van der Waals surface area contributed by atoms with E-state index >= 15 is 0 Å². The second kappa shape index (κ2) is 4.52. The zero-order chi connectivity index (χ0) is 13.2. The van der Waals surface area contributed by atoms with E-state index < -0.39 is 17.6 Å². The van der Waals surface area contributed by atoms with Crippen molar-refractivity contribution in [3.05, 3.63) is 48.0 Å². The summed E-state index contributed by atoms with van der Waals surface area (Å²) in [5.74, 6) is -0.563. The van der Waals surface area contributed by atoms with E-state index in [1.165, 1.54) is 24.5 Å². The van der Waals surface area contributed by atoms with E-state index in [1.807, 2.05) is 0 Å². The molecule has 0 saturated carbocycles. The minimum Gasteiger partial charge on any atom is -0.341 e. The van der Waals surface area contributed by atoms with Crippen molar-refractivity contribution in [2.75, 3.05) is 5.32 Å². The van der Waals surface area contributed by atoms with Crippen molar-refractivity contribution in [3.8, 4) is 0 Å². The molecule has 4 nitrogen and oxygen atoms in total. The molecule has 1 aromatic carbocycles. The Labute approximate surface area is 99.9 Å². The van der Waals surface area contributed by atoms with Crippen LogP contribution in [0.5, 0.6) is 0 Å². The lowest BCUT2D eigenvalue weighted by Crippen LogP contribution is -2.14. The third-order valence-electron chi connectivity index (χ3n) is 2.16. The number of rotatable bonds is 2. The fraction of sp³-hybridized carbons (Fsp3) is 0.0909. The van der Waals surface area contributed by atoms with Crippen LogP contribution in [0.4, 0.5) is 18.9 Å². The van der Waals surface area contributed by atoms with Crippen molar-refractivity contribution in [1.82, 2.24) is 9.97 Å². The number of hydrogen-bond acceptors (Lipinski definition) is 2. The van der Waals surface area contributed by atoms with E-state index in [1.54, 1.807) is 0 Å². The molecule has 0 fully saturated rings. The first-order valence-electron chi connectivity index (χ1n) is 4.95. The van der Waals surface area contributed by atoms with Crippen molar-refractivity contribution in [1.29, 1.82) is 0 Å². The van der Waals surface area contributed by atoms with Gasteiger partial charge in [-0.25, -0.2) is 4.98 Å². The van der Waals surface area contributed by atoms with Gasteiger partial charge in [-0.15, -0.1) is 0 Å². The van der Waals surface area contributed by atoms with Gasteiger partial charge in [-0.3, -0.25) is 4.79 Å². The number of aromatic nitrogens is 2. The zero-order valence-corrected chi connectivity index (χ0v) is 8.95. The molecule has 18 heavy (non-hydrogen) atoms. The molecule has 1 amide bonds. The zero-order valence-electron chi connectivity index (χ0n) is 8.95. The number of nitrogens with one attached hydrogen (secondary N) is 2. The average molecular weight is 255 g/mol. The second-order valence-electron chi connectivity index (χ2n) is 3.47. The molecular weight excluding hydrogens is 247 g/mol. The molecule has 94 valence electrons. The van der Waals surface area contributed by atoms with Gasteiger partial charge in [-0.05, 0) is 18.2 Å². The van der Waals surface area contributed by atoms with E-state index in [9.17, 15) is 18.0 Å². The van der Waals surface area contributed by atoms with Gasteiger partial charge in [0, 0.05) is 18.1 Å². The number of carbonyl (C=O) groups excluding carboxylic acids is 1. The number of H-pyrrole nitrogens is 1. The summed E-state index contributed by atoms with van der Waals surface area (Å²) in [6, 6.07) is 4.39. The number of benzene rings is 1. The number of anilines is 1. The van der Waals surface area contributed by atoms with Gasteiger partial charge in [-0.2, -0.15) is 13.2 Å². The minimum atomic E-state index is -4.44. The van der Waals surface area contributed by atoms with Crippen LogP contribution in [0.1, 0.15) is 16.2 Å². The lowest BCUT2D eigenvalue weighted by atomic mass is 10.2. The number of imidazole rings is 1. The first-order valence-corrected chi connectivity index (χ1v) is 4.95. The van der Waals surface area contributed by atoms with E-state index in [4.69, 9.17) is 0 Å². The molecule has 0 bridgehead atoms. The minimum absolute atomic E-state index is 0.0346. The van der Waals surface area contributed by atoms with E-state index in [0.717, 1.165) is 12.1 Å². The van der Waals surface area contributed by atoms with Gasteiger partial charge in [0.15, 0.2) is 5.82 Å². The molecule has 1 aromatic heterocycles. The molecule has 0 aliphatic rings. The molecule has 7 heteroatoms. The Balaban J connectivity index is 2.18. The SMILES string of the molecule is O=C(Nc1cccc(C(F)(F)F)c1)c1ncc[nH]1. The lowest BCUT2D eigenvalue weighted by Gasteiger charge is -2.09. The Kier molecular flexibility index (Phi) is 3.05. The molecule has 0 aliphatic heterocycles. The molecule has 2 rings (SSSR count). The Bertz CT molecular complexity index is 549. The second-order valence-corrected chi connectivity index (χ2v) is 3.47. The van der Waals surface area contributed by atoms with Crippen molar-refractivity contribution in [2.45, 2.75) is 6.18 Å². The predicted octanol–water partition coefficient (Wildman–Crippen LogP) is 2.68. The van der Waals surface area contributed by atoms with Crippen LogP contribution in [0.2, 0.25) is 0 Å². The van der Waals surface area contributed by atoms with Crippen LogP contribution < -0.4 is 5.32 Å². The van der Waals surface area contributed by atoms with Crippen LogP contribution in [0, 0.1) is 0 Å². The van der Waals surface area contributed by atoms with Crippen molar-refractivity contribution >= 4 is 11.6 Å². The van der Waals surface area contributed by atoms with Crippen LogP contribution in [0.25, 0.3) is 0 Å². The molecule has 0 unspecified atom stereocenters.